The highest BCUT2D eigenvalue weighted by atomic mass is 16.5. The van der Waals surface area contributed by atoms with Crippen LogP contribution in [0.4, 0.5) is 5.69 Å². The number of nitrogens with one attached hydrogen (secondary N) is 2. The van der Waals surface area contributed by atoms with E-state index in [1.807, 2.05) is 0 Å². The number of aromatic nitrogens is 1. The summed E-state index contributed by atoms with van der Waals surface area (Å²) < 4.78 is 4.66. The fourth-order valence-corrected chi connectivity index (χ4v) is 2.41. The molecule has 2 rings (SSSR count). The van der Waals surface area contributed by atoms with E-state index < -0.39 is 11.9 Å². The van der Waals surface area contributed by atoms with Crippen molar-refractivity contribution in [1.82, 2.24) is 10.3 Å². The largest absolute Gasteiger partial charge is 0.465 e. The van der Waals surface area contributed by atoms with Gasteiger partial charge >= 0.3 is 5.97 Å². The van der Waals surface area contributed by atoms with E-state index in [9.17, 15) is 14.4 Å². The van der Waals surface area contributed by atoms with Gasteiger partial charge in [0.1, 0.15) is 0 Å². The number of benzene rings is 1. The lowest BCUT2D eigenvalue weighted by Gasteiger charge is -2.08. The number of anilines is 1. The third-order valence-corrected chi connectivity index (χ3v) is 3.87. The van der Waals surface area contributed by atoms with Crippen LogP contribution in [0.3, 0.4) is 0 Å². The van der Waals surface area contributed by atoms with E-state index in [2.05, 4.69) is 27.3 Å². The Bertz CT molecular complexity index is 820. The van der Waals surface area contributed by atoms with Gasteiger partial charge in [-0.1, -0.05) is 25.8 Å². The summed E-state index contributed by atoms with van der Waals surface area (Å²) in [6.07, 6.45) is 5.83. The van der Waals surface area contributed by atoms with Crippen LogP contribution in [0, 0.1) is 0 Å². The van der Waals surface area contributed by atoms with Crippen LogP contribution in [0.15, 0.2) is 42.7 Å². The zero-order chi connectivity index (χ0) is 19.6. The maximum absolute atomic E-state index is 12.4. The Morgan fingerprint density at radius 3 is 2.44 bits per heavy atom. The lowest BCUT2D eigenvalue weighted by Crippen LogP contribution is -2.25. The number of carbonyl (C=O) groups is 3. The Labute approximate surface area is 158 Å². The Morgan fingerprint density at radius 1 is 1.00 bits per heavy atom. The molecule has 0 atom stereocenters. The van der Waals surface area contributed by atoms with Crippen LogP contribution in [0.25, 0.3) is 0 Å². The van der Waals surface area contributed by atoms with Crippen molar-refractivity contribution in [2.45, 2.75) is 26.2 Å². The van der Waals surface area contributed by atoms with Crippen molar-refractivity contribution >= 4 is 23.5 Å². The van der Waals surface area contributed by atoms with Gasteiger partial charge in [-0.15, -0.1) is 0 Å². The molecule has 7 nitrogen and oxygen atoms in total. The van der Waals surface area contributed by atoms with E-state index >= 15 is 0 Å². The highest BCUT2D eigenvalue weighted by Crippen LogP contribution is 2.13. The average molecular weight is 369 g/mol. The molecule has 0 spiro atoms. The van der Waals surface area contributed by atoms with Crippen molar-refractivity contribution in [1.29, 1.82) is 0 Å². The number of ether oxygens (including phenoxy) is 1. The van der Waals surface area contributed by atoms with Crippen molar-refractivity contribution in [2.75, 3.05) is 19.0 Å². The van der Waals surface area contributed by atoms with E-state index in [4.69, 9.17) is 0 Å². The molecule has 1 aromatic carbocycles. The Balaban J connectivity index is 2.05. The summed E-state index contributed by atoms with van der Waals surface area (Å²) in [5, 5.41) is 5.50. The van der Waals surface area contributed by atoms with E-state index in [1.54, 1.807) is 18.2 Å². The number of amides is 2. The molecule has 142 valence electrons. The van der Waals surface area contributed by atoms with Crippen molar-refractivity contribution in [3.05, 3.63) is 59.4 Å². The zero-order valence-electron chi connectivity index (χ0n) is 15.5. The normalized spacial score (nSPS) is 10.1. The maximum Gasteiger partial charge on any atom is 0.337 e. The molecular weight excluding hydrogens is 346 g/mol. The minimum atomic E-state index is -0.491. The van der Waals surface area contributed by atoms with Crippen molar-refractivity contribution in [2.24, 2.45) is 0 Å². The first-order valence-corrected chi connectivity index (χ1v) is 8.78. The van der Waals surface area contributed by atoms with Gasteiger partial charge in [-0.3, -0.25) is 14.6 Å². The molecular formula is C20H23N3O4. The van der Waals surface area contributed by atoms with Crippen molar-refractivity contribution < 1.29 is 19.1 Å². The van der Waals surface area contributed by atoms with Gasteiger partial charge in [-0.25, -0.2) is 4.79 Å². The van der Waals surface area contributed by atoms with Gasteiger partial charge in [0.05, 0.1) is 23.8 Å². The Morgan fingerprint density at radius 2 is 1.74 bits per heavy atom. The average Bonchev–Trinajstić information content (AvgIpc) is 2.70. The Kier molecular flexibility index (Phi) is 7.49. The second-order valence-corrected chi connectivity index (χ2v) is 5.95. The van der Waals surface area contributed by atoms with Crippen LogP contribution in [-0.4, -0.2) is 36.4 Å². The van der Waals surface area contributed by atoms with Crippen molar-refractivity contribution in [3.8, 4) is 0 Å². The second-order valence-electron chi connectivity index (χ2n) is 5.95. The molecule has 0 aliphatic rings. The zero-order valence-corrected chi connectivity index (χ0v) is 15.5. The minimum Gasteiger partial charge on any atom is -0.465 e. The van der Waals surface area contributed by atoms with Crippen LogP contribution in [0.1, 0.15) is 57.3 Å². The number of nitrogens with zero attached hydrogens (tertiary/aromatic N) is 1. The van der Waals surface area contributed by atoms with Crippen molar-refractivity contribution in [3.63, 3.8) is 0 Å². The summed E-state index contributed by atoms with van der Waals surface area (Å²) in [6, 6.07) is 7.89. The number of hydrogen-bond acceptors (Lipinski definition) is 5. The van der Waals surface area contributed by atoms with Gasteiger partial charge in [-0.2, -0.15) is 0 Å². The third kappa shape index (κ3) is 5.91. The van der Waals surface area contributed by atoms with Gasteiger partial charge in [0.2, 0.25) is 0 Å². The fourth-order valence-electron chi connectivity index (χ4n) is 2.41. The minimum absolute atomic E-state index is 0.250. The SMILES string of the molecule is CCCCCNC(=O)c1cncc(C(=O)Nc2cccc(C(=O)OC)c2)c1. The molecule has 1 heterocycles. The summed E-state index contributed by atoms with van der Waals surface area (Å²) in [5.41, 5.74) is 1.34. The number of esters is 1. The van der Waals surface area contributed by atoms with E-state index in [0.717, 1.165) is 19.3 Å². The smallest absolute Gasteiger partial charge is 0.337 e. The van der Waals surface area contributed by atoms with Crippen LogP contribution < -0.4 is 10.6 Å². The molecule has 2 aromatic rings. The molecule has 1 aromatic heterocycles. The molecule has 0 aliphatic carbocycles. The number of unbranched alkanes of at least 4 members (excludes halogenated alkanes) is 2. The molecule has 27 heavy (non-hydrogen) atoms. The van der Waals surface area contributed by atoms with Crippen LogP contribution >= 0.6 is 0 Å². The predicted molar refractivity (Wildman–Crippen MR) is 102 cm³/mol. The Hall–Kier alpha value is -3.22. The standard InChI is InChI=1S/C20H23N3O4/c1-3-4-5-9-22-18(24)15-10-16(13-21-12-15)19(25)23-17-8-6-7-14(11-17)20(26)27-2/h6-8,10-13H,3-5,9H2,1-2H3,(H,22,24)(H,23,25). The van der Waals surface area contributed by atoms with Gasteiger partial charge < -0.3 is 15.4 Å². The number of pyridine rings is 1. The first-order valence-electron chi connectivity index (χ1n) is 8.78. The first-order chi connectivity index (χ1) is 13.0. The van der Waals surface area contributed by atoms with E-state index in [0.29, 0.717) is 23.4 Å². The fraction of sp³-hybridized carbons (Fsp3) is 0.300. The quantitative estimate of drug-likeness (QED) is 0.551. The highest BCUT2D eigenvalue weighted by Gasteiger charge is 2.12. The molecule has 0 radical (unpaired) electrons. The second kappa shape index (κ2) is 10.1. The molecule has 2 amide bonds. The summed E-state index contributed by atoms with van der Waals surface area (Å²) in [6.45, 7) is 2.68. The maximum atomic E-state index is 12.4. The molecule has 0 fully saturated rings. The number of hydrogen-bond donors (Lipinski definition) is 2. The molecule has 0 aliphatic heterocycles. The number of carbonyl (C=O) groups excluding carboxylic acids is 3. The molecule has 0 saturated heterocycles. The molecule has 7 heteroatoms. The molecule has 0 bridgehead atoms. The van der Waals surface area contributed by atoms with Gasteiger partial charge in [0.15, 0.2) is 0 Å². The summed E-state index contributed by atoms with van der Waals surface area (Å²) in [7, 11) is 1.29. The van der Waals surface area contributed by atoms with Crippen LogP contribution in [0.5, 0.6) is 0 Å². The van der Waals surface area contributed by atoms with Crippen LogP contribution in [0.2, 0.25) is 0 Å². The van der Waals surface area contributed by atoms with Crippen LogP contribution in [-0.2, 0) is 4.74 Å². The van der Waals surface area contributed by atoms with Gasteiger partial charge in [0.25, 0.3) is 11.8 Å². The molecule has 2 N–H and O–H groups in total. The van der Waals surface area contributed by atoms with Gasteiger partial charge in [-0.05, 0) is 30.7 Å². The predicted octanol–water partition coefficient (Wildman–Crippen LogP) is 3.04. The van der Waals surface area contributed by atoms with Gasteiger partial charge in [0, 0.05) is 24.6 Å². The molecule has 0 saturated carbocycles. The topological polar surface area (TPSA) is 97.4 Å². The monoisotopic (exact) mass is 369 g/mol. The van der Waals surface area contributed by atoms with E-state index in [-0.39, 0.29) is 11.5 Å². The molecule has 0 unspecified atom stereocenters. The summed E-state index contributed by atoms with van der Waals surface area (Å²) in [4.78, 5) is 40.2. The first kappa shape index (κ1) is 20.1. The third-order valence-electron chi connectivity index (χ3n) is 3.87. The lowest BCUT2D eigenvalue weighted by molar-refractivity contribution is 0.0600. The lowest BCUT2D eigenvalue weighted by atomic mass is 10.1. The summed E-state index contributed by atoms with van der Waals surface area (Å²) in [5.74, 6) is -1.18. The number of methoxy groups -OCH3 is 1. The van der Waals surface area contributed by atoms with E-state index in [1.165, 1.54) is 31.6 Å². The number of rotatable bonds is 8. The highest BCUT2D eigenvalue weighted by molar-refractivity contribution is 6.06. The summed E-state index contributed by atoms with van der Waals surface area (Å²) >= 11 is 0.